The molecule has 1 aromatic rings. The van der Waals surface area contributed by atoms with Gasteiger partial charge in [-0.05, 0) is 12.1 Å². The van der Waals surface area contributed by atoms with Crippen molar-refractivity contribution < 1.29 is 9.59 Å². The summed E-state index contributed by atoms with van der Waals surface area (Å²) in [6, 6.07) is 2.78. The van der Waals surface area contributed by atoms with Crippen molar-refractivity contribution in [3.05, 3.63) is 27.7 Å². The van der Waals surface area contributed by atoms with E-state index in [4.69, 9.17) is 46.4 Å². The van der Waals surface area contributed by atoms with Crippen LogP contribution >= 0.6 is 46.4 Å². The first-order chi connectivity index (χ1) is 7.34. The van der Waals surface area contributed by atoms with Crippen LogP contribution in [0.1, 0.15) is 10.4 Å². The number of benzene rings is 1. The van der Waals surface area contributed by atoms with Crippen molar-refractivity contribution in [3.63, 3.8) is 0 Å². The van der Waals surface area contributed by atoms with Crippen LogP contribution in [-0.4, -0.2) is 16.0 Å². The van der Waals surface area contributed by atoms with Crippen molar-refractivity contribution in [3.8, 4) is 0 Å². The van der Waals surface area contributed by atoms with Crippen LogP contribution in [0, 0.1) is 0 Å². The Morgan fingerprint density at radius 3 is 2.38 bits per heavy atom. The molecule has 0 unspecified atom stereocenters. The van der Waals surface area contributed by atoms with Crippen molar-refractivity contribution in [2.24, 2.45) is 0 Å². The molecule has 16 heavy (non-hydrogen) atoms. The molecule has 7 heteroatoms. The number of carbonyl (C=O) groups is 2. The number of ketones is 1. The molecule has 0 atom stereocenters. The van der Waals surface area contributed by atoms with Gasteiger partial charge < -0.3 is 5.32 Å². The molecule has 1 N–H and O–H groups in total. The van der Waals surface area contributed by atoms with E-state index in [1.807, 2.05) is 0 Å². The molecule has 84 valence electrons. The number of hydrogen-bond donors (Lipinski definition) is 1. The summed E-state index contributed by atoms with van der Waals surface area (Å²) in [7, 11) is 0. The van der Waals surface area contributed by atoms with Crippen LogP contribution in [0.3, 0.4) is 0 Å². The van der Waals surface area contributed by atoms with Crippen molar-refractivity contribution >= 4 is 63.8 Å². The van der Waals surface area contributed by atoms with Gasteiger partial charge in [0.05, 0.1) is 16.3 Å². The molecule has 0 bridgehead atoms. The van der Waals surface area contributed by atoms with E-state index < -0.39 is 16.0 Å². The van der Waals surface area contributed by atoms with E-state index in [1.54, 1.807) is 0 Å². The Morgan fingerprint density at radius 2 is 1.75 bits per heavy atom. The van der Waals surface area contributed by atoms with Gasteiger partial charge in [-0.1, -0.05) is 46.4 Å². The first-order valence-electron chi connectivity index (χ1n) is 4.07. The van der Waals surface area contributed by atoms with Gasteiger partial charge >= 0.3 is 0 Å². The SMILES string of the molecule is O=C1Nc2cc(Cl)cc(Cl)c2C(=O)C1(Cl)Cl. The van der Waals surface area contributed by atoms with E-state index in [1.165, 1.54) is 12.1 Å². The van der Waals surface area contributed by atoms with E-state index in [9.17, 15) is 9.59 Å². The fourth-order valence-electron chi connectivity index (χ4n) is 1.36. The quantitative estimate of drug-likeness (QED) is 0.590. The van der Waals surface area contributed by atoms with E-state index in [-0.39, 0.29) is 16.3 Å². The monoisotopic (exact) mass is 297 g/mol. The van der Waals surface area contributed by atoms with Crippen LogP contribution in [-0.2, 0) is 4.79 Å². The Bertz CT molecular complexity index is 512. The predicted molar refractivity (Wildman–Crippen MR) is 63.9 cm³/mol. The number of halogens is 4. The molecule has 1 aliphatic rings. The van der Waals surface area contributed by atoms with Gasteiger partial charge in [0, 0.05) is 5.02 Å². The molecule has 0 saturated heterocycles. The molecule has 0 aliphatic carbocycles. The Kier molecular flexibility index (Phi) is 2.83. The standard InChI is InChI=1S/C9H3Cl4NO2/c10-3-1-4(11)6-5(2-3)14-8(16)9(12,13)7(6)15/h1-2H,(H,14,16). The number of amides is 1. The lowest BCUT2D eigenvalue weighted by Crippen LogP contribution is -2.44. The third kappa shape index (κ3) is 1.68. The molecule has 1 aliphatic heterocycles. The first-order valence-corrected chi connectivity index (χ1v) is 5.58. The number of alkyl halides is 2. The minimum atomic E-state index is -2.15. The van der Waals surface area contributed by atoms with Crippen molar-refractivity contribution in [1.29, 1.82) is 0 Å². The Morgan fingerprint density at radius 1 is 1.12 bits per heavy atom. The minimum Gasteiger partial charge on any atom is -0.322 e. The highest BCUT2D eigenvalue weighted by Gasteiger charge is 2.48. The summed E-state index contributed by atoms with van der Waals surface area (Å²) in [6.45, 7) is 0. The number of nitrogens with one attached hydrogen (secondary N) is 1. The van der Waals surface area contributed by atoms with Gasteiger partial charge in [0.2, 0.25) is 5.78 Å². The first kappa shape index (κ1) is 12.0. The molecule has 1 heterocycles. The van der Waals surface area contributed by atoms with Crippen LogP contribution in [0.5, 0.6) is 0 Å². The third-order valence-electron chi connectivity index (χ3n) is 2.10. The zero-order chi connectivity index (χ0) is 12.1. The molecule has 0 spiro atoms. The number of rotatable bonds is 0. The van der Waals surface area contributed by atoms with Gasteiger partial charge in [-0.15, -0.1) is 0 Å². The summed E-state index contributed by atoms with van der Waals surface area (Å²) in [4.78, 5) is 23.3. The van der Waals surface area contributed by atoms with E-state index in [0.29, 0.717) is 5.02 Å². The van der Waals surface area contributed by atoms with Crippen molar-refractivity contribution in [1.82, 2.24) is 0 Å². The highest BCUT2D eigenvalue weighted by molar-refractivity contribution is 6.71. The lowest BCUT2D eigenvalue weighted by atomic mass is 10.0. The Hall–Kier alpha value is -0.480. The lowest BCUT2D eigenvalue weighted by Gasteiger charge is -2.25. The van der Waals surface area contributed by atoms with Crippen LogP contribution in [0.2, 0.25) is 10.0 Å². The molecule has 0 saturated carbocycles. The predicted octanol–water partition coefficient (Wildman–Crippen LogP) is 3.30. The highest BCUT2D eigenvalue weighted by atomic mass is 35.5. The number of hydrogen-bond acceptors (Lipinski definition) is 2. The molecule has 0 fully saturated rings. The van der Waals surface area contributed by atoms with Crippen LogP contribution in [0.4, 0.5) is 5.69 Å². The fraction of sp³-hybridized carbons (Fsp3) is 0.111. The Labute approximate surface area is 111 Å². The van der Waals surface area contributed by atoms with E-state index in [0.717, 1.165) is 0 Å². The maximum absolute atomic E-state index is 11.8. The van der Waals surface area contributed by atoms with Gasteiger partial charge in [0.25, 0.3) is 10.2 Å². The van der Waals surface area contributed by atoms with Crippen LogP contribution < -0.4 is 5.32 Å². The van der Waals surface area contributed by atoms with Crippen molar-refractivity contribution in [2.75, 3.05) is 5.32 Å². The summed E-state index contributed by atoms with van der Waals surface area (Å²) >= 11 is 22.8. The van der Waals surface area contributed by atoms with Gasteiger partial charge in [0.1, 0.15) is 0 Å². The van der Waals surface area contributed by atoms with Crippen LogP contribution in [0.15, 0.2) is 12.1 Å². The average Bonchev–Trinajstić information content (AvgIpc) is 2.14. The van der Waals surface area contributed by atoms with Crippen molar-refractivity contribution in [2.45, 2.75) is 4.33 Å². The van der Waals surface area contributed by atoms with E-state index in [2.05, 4.69) is 5.32 Å². The fourth-order valence-corrected chi connectivity index (χ4v) is 2.23. The number of carbonyl (C=O) groups excluding carboxylic acids is 2. The number of anilines is 1. The molecular formula is C9H3Cl4NO2. The van der Waals surface area contributed by atoms with Gasteiger partial charge in [-0.3, -0.25) is 9.59 Å². The zero-order valence-electron chi connectivity index (χ0n) is 7.48. The Balaban J connectivity index is 2.70. The summed E-state index contributed by atoms with van der Waals surface area (Å²) in [5, 5.41) is 2.76. The summed E-state index contributed by atoms with van der Waals surface area (Å²) in [6.07, 6.45) is 0. The second-order valence-corrected chi connectivity index (χ2v) is 5.34. The molecule has 3 nitrogen and oxygen atoms in total. The molecule has 1 aromatic carbocycles. The van der Waals surface area contributed by atoms with Gasteiger partial charge in [0.15, 0.2) is 0 Å². The lowest BCUT2D eigenvalue weighted by molar-refractivity contribution is -0.116. The minimum absolute atomic E-state index is 0.0654. The summed E-state index contributed by atoms with van der Waals surface area (Å²) in [5.74, 6) is -1.57. The second kappa shape index (κ2) is 3.77. The number of Topliss-reactive ketones (excluding diaryl/α,β-unsaturated/α-hetero) is 1. The second-order valence-electron chi connectivity index (χ2n) is 3.17. The highest BCUT2D eigenvalue weighted by Crippen LogP contribution is 2.40. The number of fused-ring (bicyclic) bond motifs is 1. The van der Waals surface area contributed by atoms with Gasteiger partial charge in [-0.2, -0.15) is 0 Å². The molecule has 2 rings (SSSR count). The topological polar surface area (TPSA) is 46.2 Å². The summed E-state index contributed by atoms with van der Waals surface area (Å²) < 4.78 is -2.15. The third-order valence-corrected chi connectivity index (χ3v) is 3.30. The average molecular weight is 299 g/mol. The maximum Gasteiger partial charge on any atom is 0.269 e. The molecule has 0 aromatic heterocycles. The van der Waals surface area contributed by atoms with E-state index >= 15 is 0 Å². The smallest absolute Gasteiger partial charge is 0.269 e. The maximum atomic E-state index is 11.8. The van der Waals surface area contributed by atoms with Crippen LogP contribution in [0.25, 0.3) is 0 Å². The molecule has 0 radical (unpaired) electrons. The normalized spacial score (nSPS) is 18.0. The molecular weight excluding hydrogens is 296 g/mol. The molecule has 1 amide bonds. The zero-order valence-corrected chi connectivity index (χ0v) is 10.5. The largest absolute Gasteiger partial charge is 0.322 e. The van der Waals surface area contributed by atoms with Gasteiger partial charge in [-0.25, -0.2) is 0 Å². The summed E-state index contributed by atoms with van der Waals surface area (Å²) in [5.41, 5.74) is 0.278.